The normalized spacial score (nSPS) is 20.4. The van der Waals surface area contributed by atoms with Gasteiger partial charge in [0.15, 0.2) is 5.78 Å². The summed E-state index contributed by atoms with van der Waals surface area (Å²) in [6.07, 6.45) is 1.61. The quantitative estimate of drug-likeness (QED) is 0.543. The zero-order valence-corrected chi connectivity index (χ0v) is 21.1. The molecule has 0 bridgehead atoms. The second kappa shape index (κ2) is 11.2. The number of rotatable bonds is 8. The summed E-state index contributed by atoms with van der Waals surface area (Å²) in [4.78, 5) is 56.5. The Labute approximate surface area is 214 Å². The second-order valence-corrected chi connectivity index (χ2v) is 10.7. The van der Waals surface area contributed by atoms with Gasteiger partial charge in [0.25, 0.3) is 10.0 Å². The Hall–Kier alpha value is -3.64. The van der Waals surface area contributed by atoms with Crippen LogP contribution in [0, 0.1) is 0 Å². The summed E-state index contributed by atoms with van der Waals surface area (Å²) < 4.78 is 32.3. The van der Waals surface area contributed by atoms with Crippen molar-refractivity contribution in [2.75, 3.05) is 13.1 Å². The van der Waals surface area contributed by atoms with Crippen LogP contribution in [0.5, 0.6) is 0 Å². The van der Waals surface area contributed by atoms with Crippen molar-refractivity contribution in [2.24, 2.45) is 0 Å². The lowest BCUT2D eigenvalue weighted by Gasteiger charge is -2.28. The first-order valence-electron chi connectivity index (χ1n) is 12.0. The number of Topliss-reactive ketones (excluding diaryl/α,β-unsaturated/α-hetero) is 1. The van der Waals surface area contributed by atoms with E-state index in [1.54, 1.807) is 18.2 Å². The van der Waals surface area contributed by atoms with E-state index < -0.39 is 57.6 Å². The van der Waals surface area contributed by atoms with E-state index in [0.717, 1.165) is 9.87 Å². The number of alkyl carbamates (subject to hydrolysis) is 1. The van der Waals surface area contributed by atoms with E-state index in [4.69, 9.17) is 4.74 Å². The smallest absolute Gasteiger partial charge is 0.408 e. The van der Waals surface area contributed by atoms with E-state index in [1.807, 2.05) is 25.1 Å². The lowest BCUT2D eigenvalue weighted by Crippen LogP contribution is -2.52. The number of amides is 2. The minimum absolute atomic E-state index is 0.0315. The van der Waals surface area contributed by atoms with E-state index in [9.17, 15) is 27.6 Å². The summed E-state index contributed by atoms with van der Waals surface area (Å²) in [7, 11) is -4.53. The van der Waals surface area contributed by atoms with Gasteiger partial charge < -0.3 is 15.0 Å². The Kier molecular flexibility index (Phi) is 7.98. The van der Waals surface area contributed by atoms with E-state index in [-0.39, 0.29) is 25.3 Å². The lowest BCUT2D eigenvalue weighted by molar-refractivity contribution is -0.138. The van der Waals surface area contributed by atoms with Gasteiger partial charge in [0.05, 0.1) is 12.6 Å². The van der Waals surface area contributed by atoms with Gasteiger partial charge in [-0.15, -0.1) is 0 Å². The first kappa shape index (κ1) is 26.4. The molecule has 2 amide bonds. The minimum atomic E-state index is -4.53. The first-order valence-corrected chi connectivity index (χ1v) is 13.5. The van der Waals surface area contributed by atoms with Crippen LogP contribution in [0.3, 0.4) is 0 Å². The molecule has 2 aromatic rings. The Balaban J connectivity index is 1.45. The van der Waals surface area contributed by atoms with Gasteiger partial charge in [-0.3, -0.25) is 19.4 Å². The highest BCUT2D eigenvalue weighted by molar-refractivity contribution is 8.04. The van der Waals surface area contributed by atoms with Crippen LogP contribution in [0.15, 0.2) is 54.7 Å². The van der Waals surface area contributed by atoms with E-state index in [0.29, 0.717) is 12.8 Å². The number of hydrogen-bond donors (Lipinski definition) is 1. The first-order chi connectivity index (χ1) is 17.7. The number of ether oxygens (including phenoxy) is 1. The van der Waals surface area contributed by atoms with Crippen LogP contribution in [-0.4, -0.2) is 76.7 Å². The third-order valence-corrected chi connectivity index (χ3v) is 8.15. The number of carbonyl (C=O) groups excluding carboxylic acids is 4. The molecule has 2 aliphatic rings. The van der Waals surface area contributed by atoms with Crippen molar-refractivity contribution in [3.05, 3.63) is 66.0 Å². The fourth-order valence-corrected chi connectivity index (χ4v) is 6.19. The van der Waals surface area contributed by atoms with Gasteiger partial charge in [-0.25, -0.2) is 13.2 Å². The molecule has 196 valence electrons. The van der Waals surface area contributed by atoms with E-state index >= 15 is 0 Å². The number of ketones is 1. The van der Waals surface area contributed by atoms with Crippen molar-refractivity contribution in [2.45, 2.75) is 50.9 Å². The molecule has 11 nitrogen and oxygen atoms in total. The molecule has 3 unspecified atom stereocenters. The van der Waals surface area contributed by atoms with Crippen LogP contribution in [0.4, 0.5) is 4.79 Å². The zero-order valence-electron chi connectivity index (χ0n) is 20.3. The van der Waals surface area contributed by atoms with Crippen molar-refractivity contribution in [1.29, 1.82) is 0 Å². The van der Waals surface area contributed by atoms with Crippen molar-refractivity contribution in [1.82, 2.24) is 19.5 Å². The Morgan fingerprint density at radius 1 is 1.14 bits per heavy atom. The SMILES string of the molecule is CCCC(NC(=O)OCc1ccccc1)C(=O)N1CCC2C1C(=O)CN2S(=O)(=O)C(=O)c1ccccn1. The highest BCUT2D eigenvalue weighted by Crippen LogP contribution is 2.33. The average molecular weight is 529 g/mol. The molecule has 1 N–H and O–H groups in total. The second-order valence-electron chi connectivity index (χ2n) is 8.90. The van der Waals surface area contributed by atoms with Crippen molar-refractivity contribution < 1.29 is 32.3 Å². The number of nitrogens with zero attached hydrogens (tertiary/aromatic N) is 3. The predicted octanol–water partition coefficient (Wildman–Crippen LogP) is 1.50. The minimum Gasteiger partial charge on any atom is -0.445 e. The summed E-state index contributed by atoms with van der Waals surface area (Å²) >= 11 is 0. The molecule has 12 heteroatoms. The Bertz CT molecular complexity index is 1270. The highest BCUT2D eigenvalue weighted by atomic mass is 32.2. The van der Waals surface area contributed by atoms with Crippen LogP contribution < -0.4 is 5.32 Å². The Morgan fingerprint density at radius 2 is 1.86 bits per heavy atom. The van der Waals surface area contributed by atoms with Crippen LogP contribution in [-0.2, 0) is 31.0 Å². The van der Waals surface area contributed by atoms with Gasteiger partial charge in [0.1, 0.15) is 24.4 Å². The fourth-order valence-electron chi connectivity index (χ4n) is 4.72. The number of pyridine rings is 1. The molecule has 1 aromatic carbocycles. The highest BCUT2D eigenvalue weighted by Gasteiger charge is 2.55. The molecule has 0 saturated carbocycles. The van der Waals surface area contributed by atoms with Gasteiger partial charge in [-0.1, -0.05) is 49.7 Å². The van der Waals surface area contributed by atoms with Gasteiger partial charge in [-0.05, 0) is 30.5 Å². The molecule has 3 atom stereocenters. The average Bonchev–Trinajstić information content (AvgIpc) is 3.49. The molecule has 3 heterocycles. The van der Waals surface area contributed by atoms with Gasteiger partial charge in [0.2, 0.25) is 5.91 Å². The molecule has 4 rings (SSSR count). The number of fused-ring (bicyclic) bond motifs is 1. The third-order valence-electron chi connectivity index (χ3n) is 6.46. The van der Waals surface area contributed by atoms with Gasteiger partial charge >= 0.3 is 11.2 Å². The van der Waals surface area contributed by atoms with Crippen molar-refractivity contribution in [3.63, 3.8) is 0 Å². The third kappa shape index (κ3) is 5.54. The summed E-state index contributed by atoms with van der Waals surface area (Å²) in [5, 5.41) is 1.39. The van der Waals surface area contributed by atoms with E-state index in [1.165, 1.54) is 23.2 Å². The van der Waals surface area contributed by atoms with Crippen molar-refractivity contribution >= 4 is 32.9 Å². The van der Waals surface area contributed by atoms with Crippen LogP contribution in [0.25, 0.3) is 0 Å². The van der Waals surface area contributed by atoms with Crippen molar-refractivity contribution in [3.8, 4) is 0 Å². The summed E-state index contributed by atoms with van der Waals surface area (Å²) in [5.74, 6) is -0.968. The molecular weight excluding hydrogens is 500 g/mol. The van der Waals surface area contributed by atoms with E-state index in [2.05, 4.69) is 10.3 Å². The number of nitrogens with one attached hydrogen (secondary N) is 1. The number of likely N-dealkylation sites (tertiary alicyclic amines) is 1. The summed E-state index contributed by atoms with van der Waals surface area (Å²) in [6, 6.07) is 10.6. The van der Waals surface area contributed by atoms with Crippen LogP contribution >= 0.6 is 0 Å². The van der Waals surface area contributed by atoms with Gasteiger partial charge in [-0.2, -0.15) is 4.31 Å². The number of carbonyl (C=O) groups is 4. The fraction of sp³-hybridized carbons (Fsp3) is 0.400. The molecule has 1 aromatic heterocycles. The summed E-state index contributed by atoms with van der Waals surface area (Å²) in [6.45, 7) is 1.49. The maximum absolute atomic E-state index is 13.4. The number of sulfonamides is 1. The standard InChI is InChI=1S/C25H28N4O7S/c1-2-8-18(27-25(33)36-16-17-9-4-3-5-10-17)23(31)28-14-12-20-22(28)21(30)15-29(20)37(34,35)24(32)19-11-6-7-13-26-19/h3-7,9-11,13,18,20,22H,2,8,12,14-16H2,1H3,(H,27,33). The maximum atomic E-state index is 13.4. The molecular formula is C25H28N4O7S. The topological polar surface area (TPSA) is 143 Å². The molecule has 2 aliphatic heterocycles. The molecule has 37 heavy (non-hydrogen) atoms. The maximum Gasteiger partial charge on any atom is 0.408 e. The number of aromatic nitrogens is 1. The van der Waals surface area contributed by atoms with Crippen LogP contribution in [0.2, 0.25) is 0 Å². The zero-order chi connectivity index (χ0) is 26.6. The van der Waals surface area contributed by atoms with Gasteiger partial charge in [0, 0.05) is 12.7 Å². The summed E-state index contributed by atoms with van der Waals surface area (Å²) in [5.41, 5.74) is 0.544. The largest absolute Gasteiger partial charge is 0.445 e. The van der Waals surface area contributed by atoms with Crippen LogP contribution in [0.1, 0.15) is 42.2 Å². The molecule has 0 aliphatic carbocycles. The molecule has 0 spiro atoms. The lowest BCUT2D eigenvalue weighted by atomic mass is 10.1. The number of hydrogen-bond acceptors (Lipinski definition) is 8. The Morgan fingerprint density at radius 3 is 2.54 bits per heavy atom. The molecule has 2 saturated heterocycles. The molecule has 2 fully saturated rings. The monoisotopic (exact) mass is 528 g/mol. The predicted molar refractivity (Wildman–Crippen MR) is 132 cm³/mol. The molecule has 0 radical (unpaired) electrons. The number of benzene rings is 1.